The molecule has 0 unspecified atom stereocenters. The van der Waals surface area contributed by atoms with Crippen LogP contribution in [0.2, 0.25) is 0 Å². The second-order valence-electron chi connectivity index (χ2n) is 5.16. The molecule has 0 radical (unpaired) electrons. The molecule has 5 heteroatoms. The van der Waals surface area contributed by atoms with Crippen molar-refractivity contribution in [3.05, 3.63) is 34.6 Å². The first-order valence-electron chi connectivity index (χ1n) is 5.71. The van der Waals surface area contributed by atoms with Crippen molar-refractivity contribution in [2.45, 2.75) is 26.2 Å². The van der Waals surface area contributed by atoms with E-state index in [1.165, 1.54) is 5.56 Å². The molecule has 0 aliphatic rings. The number of benzene rings is 1. The largest absolute Gasteiger partial charge is 0.369 e. The van der Waals surface area contributed by atoms with E-state index >= 15 is 0 Å². The molecule has 2 aromatic rings. The predicted molar refractivity (Wildman–Crippen MR) is 75.8 cm³/mol. The maximum Gasteiger partial charge on any atom is 0.224 e. The van der Waals surface area contributed by atoms with Crippen molar-refractivity contribution < 1.29 is 0 Å². The van der Waals surface area contributed by atoms with Crippen molar-refractivity contribution in [3.63, 3.8) is 0 Å². The molecule has 0 aliphatic carbocycles. The van der Waals surface area contributed by atoms with Gasteiger partial charge in [0.25, 0.3) is 0 Å². The number of hydrogen-bond acceptors (Lipinski definition) is 4. The number of nitrogen functional groups attached to an aromatic ring is 1. The van der Waals surface area contributed by atoms with Gasteiger partial charge in [-0.1, -0.05) is 45.0 Å². The van der Waals surface area contributed by atoms with Crippen LogP contribution in [0.1, 0.15) is 26.3 Å². The van der Waals surface area contributed by atoms with E-state index in [9.17, 15) is 0 Å². The highest BCUT2D eigenvalue weighted by Crippen LogP contribution is 2.30. The lowest BCUT2D eigenvalue weighted by Gasteiger charge is -2.22. The number of anilines is 1. The van der Waals surface area contributed by atoms with Crippen molar-refractivity contribution in [2.24, 2.45) is 0 Å². The van der Waals surface area contributed by atoms with E-state index in [-0.39, 0.29) is 16.1 Å². The van der Waals surface area contributed by atoms with Gasteiger partial charge in [0, 0.05) is 5.56 Å². The zero-order valence-electron chi connectivity index (χ0n) is 10.7. The number of nitrogens with two attached hydrogens (primary N) is 1. The van der Waals surface area contributed by atoms with Gasteiger partial charge in [0.1, 0.15) is 5.82 Å². The molecule has 1 aromatic heterocycles. The molecule has 1 aromatic carbocycles. The normalized spacial score (nSPS) is 11.5. The summed E-state index contributed by atoms with van der Waals surface area (Å²) in [5.41, 5.74) is 7.90. The third-order valence-corrected chi connectivity index (χ3v) is 2.84. The first-order chi connectivity index (χ1) is 8.38. The van der Waals surface area contributed by atoms with E-state index in [0.717, 1.165) is 5.56 Å². The summed E-state index contributed by atoms with van der Waals surface area (Å²) in [6.07, 6.45) is 0. The van der Waals surface area contributed by atoms with Gasteiger partial charge < -0.3 is 10.7 Å². The molecule has 94 valence electrons. The number of rotatable bonds is 1. The first-order valence-corrected chi connectivity index (χ1v) is 6.12. The van der Waals surface area contributed by atoms with Crippen molar-refractivity contribution >= 4 is 18.2 Å². The molecule has 18 heavy (non-hydrogen) atoms. The van der Waals surface area contributed by atoms with Gasteiger partial charge in [-0.15, -0.1) is 0 Å². The van der Waals surface area contributed by atoms with Gasteiger partial charge in [-0.25, -0.2) is 4.98 Å². The number of nitrogens with zero attached hydrogens (tertiary/aromatic N) is 2. The molecule has 1 heterocycles. The third-order valence-electron chi connectivity index (χ3n) is 2.66. The fourth-order valence-corrected chi connectivity index (χ4v) is 2.06. The number of aromatic amines is 1. The molecule has 0 bridgehead atoms. The van der Waals surface area contributed by atoms with Gasteiger partial charge in [-0.3, -0.25) is 0 Å². The Labute approximate surface area is 111 Å². The van der Waals surface area contributed by atoms with Crippen LogP contribution in [0.5, 0.6) is 0 Å². The van der Waals surface area contributed by atoms with Crippen LogP contribution < -0.4 is 5.73 Å². The fourth-order valence-electron chi connectivity index (χ4n) is 1.87. The van der Waals surface area contributed by atoms with E-state index in [2.05, 4.69) is 41.8 Å². The highest BCUT2D eigenvalue weighted by atomic mass is 32.1. The van der Waals surface area contributed by atoms with Crippen molar-refractivity contribution in [2.75, 3.05) is 5.73 Å². The number of aromatic nitrogens is 3. The second-order valence-corrected chi connectivity index (χ2v) is 5.53. The van der Waals surface area contributed by atoms with E-state index in [0.29, 0.717) is 5.82 Å². The van der Waals surface area contributed by atoms with Gasteiger partial charge in [0.15, 0.2) is 0 Å². The van der Waals surface area contributed by atoms with Crippen LogP contribution >= 0.6 is 12.2 Å². The van der Waals surface area contributed by atoms with E-state index < -0.39 is 0 Å². The van der Waals surface area contributed by atoms with E-state index in [1.807, 2.05) is 18.2 Å². The van der Waals surface area contributed by atoms with Crippen LogP contribution in [0, 0.1) is 4.77 Å². The molecular formula is C13H16N4S. The Bertz CT molecular complexity index is 625. The summed E-state index contributed by atoms with van der Waals surface area (Å²) in [6.45, 7) is 6.47. The maximum atomic E-state index is 5.68. The summed E-state index contributed by atoms with van der Waals surface area (Å²) in [6, 6.07) is 8.08. The number of nitrogens with one attached hydrogen (secondary N) is 1. The lowest BCUT2D eigenvalue weighted by molar-refractivity contribution is 0.591. The Hall–Kier alpha value is -1.75. The Kier molecular flexibility index (Phi) is 3.17. The van der Waals surface area contributed by atoms with Gasteiger partial charge in [0.2, 0.25) is 10.7 Å². The van der Waals surface area contributed by atoms with Crippen molar-refractivity contribution in [1.29, 1.82) is 0 Å². The van der Waals surface area contributed by atoms with E-state index in [4.69, 9.17) is 18.0 Å². The lowest BCUT2D eigenvalue weighted by Crippen LogP contribution is -2.13. The monoisotopic (exact) mass is 260 g/mol. The molecule has 2 rings (SSSR count). The topological polar surface area (TPSA) is 67.6 Å². The average Bonchev–Trinajstić information content (AvgIpc) is 2.26. The molecule has 0 amide bonds. The minimum absolute atomic E-state index is 0.0196. The maximum absolute atomic E-state index is 5.68. The third kappa shape index (κ3) is 2.56. The van der Waals surface area contributed by atoms with Crippen molar-refractivity contribution in [1.82, 2.24) is 15.0 Å². The van der Waals surface area contributed by atoms with Crippen LogP contribution in [0.3, 0.4) is 0 Å². The smallest absolute Gasteiger partial charge is 0.224 e. The Morgan fingerprint density at radius 2 is 1.83 bits per heavy atom. The first kappa shape index (κ1) is 12.7. The zero-order chi connectivity index (χ0) is 13.3. The Balaban J connectivity index is 2.68. The molecule has 0 aliphatic heterocycles. The molecule has 0 saturated carbocycles. The van der Waals surface area contributed by atoms with Crippen LogP contribution in [0.4, 0.5) is 5.95 Å². The summed E-state index contributed by atoms with van der Waals surface area (Å²) in [5, 5.41) is 0. The standard InChI is InChI=1S/C13H16N4S/c1-13(2,3)9-7-5-4-6-8(9)10-15-11(14)17-12(18)16-10/h4-7H,1-3H3,(H3,14,15,16,17,18). The van der Waals surface area contributed by atoms with Gasteiger partial charge in [0.05, 0.1) is 0 Å². The molecule has 4 nitrogen and oxygen atoms in total. The van der Waals surface area contributed by atoms with Crippen molar-refractivity contribution in [3.8, 4) is 11.4 Å². The van der Waals surface area contributed by atoms with Gasteiger partial charge in [-0.2, -0.15) is 4.98 Å². The summed E-state index contributed by atoms with van der Waals surface area (Å²) in [5.74, 6) is 0.951. The summed E-state index contributed by atoms with van der Waals surface area (Å²) < 4.78 is 0.255. The summed E-state index contributed by atoms with van der Waals surface area (Å²) >= 11 is 5.00. The predicted octanol–water partition coefficient (Wildman–Crippen LogP) is 3.08. The van der Waals surface area contributed by atoms with Gasteiger partial charge >= 0.3 is 0 Å². The minimum Gasteiger partial charge on any atom is -0.369 e. The molecule has 0 fully saturated rings. The summed E-state index contributed by atoms with van der Waals surface area (Å²) in [4.78, 5) is 11.1. The van der Waals surface area contributed by atoms with E-state index in [1.54, 1.807) is 0 Å². The molecule has 3 N–H and O–H groups in total. The fraction of sp³-hybridized carbons (Fsp3) is 0.308. The molecular weight excluding hydrogens is 244 g/mol. The second kappa shape index (κ2) is 4.49. The van der Waals surface area contributed by atoms with Crippen LogP contribution in [-0.2, 0) is 5.41 Å². The quantitative estimate of drug-likeness (QED) is 0.773. The Morgan fingerprint density at radius 1 is 1.17 bits per heavy atom. The zero-order valence-corrected chi connectivity index (χ0v) is 11.5. The number of H-pyrrole nitrogens is 1. The minimum atomic E-state index is 0.0196. The summed E-state index contributed by atoms with van der Waals surface area (Å²) in [7, 11) is 0. The van der Waals surface area contributed by atoms with Crippen LogP contribution in [0.15, 0.2) is 24.3 Å². The molecule has 0 atom stereocenters. The molecule has 0 spiro atoms. The Morgan fingerprint density at radius 3 is 2.44 bits per heavy atom. The van der Waals surface area contributed by atoms with Crippen LogP contribution in [-0.4, -0.2) is 15.0 Å². The van der Waals surface area contributed by atoms with Crippen LogP contribution in [0.25, 0.3) is 11.4 Å². The molecule has 0 saturated heterocycles. The highest BCUT2D eigenvalue weighted by molar-refractivity contribution is 7.71. The van der Waals surface area contributed by atoms with Gasteiger partial charge in [-0.05, 0) is 23.2 Å². The average molecular weight is 260 g/mol. The SMILES string of the molecule is CC(C)(C)c1ccccc1-c1nc(=S)nc(N)[nH]1. The lowest BCUT2D eigenvalue weighted by atomic mass is 9.83. The number of hydrogen-bond donors (Lipinski definition) is 2. The highest BCUT2D eigenvalue weighted by Gasteiger charge is 2.19.